The average Bonchev–Trinajstić information content (AvgIpc) is 3.19. The van der Waals surface area contributed by atoms with Gasteiger partial charge in [0.25, 0.3) is 0 Å². The SMILES string of the molecule is C[C@H](N[C@@H]1C[C@H]2C[C@H]1[C@@H]1CCC[C@H]21)[C@H](O)c1ccc(O)cc1. The van der Waals surface area contributed by atoms with Gasteiger partial charge in [-0.25, -0.2) is 0 Å². The van der Waals surface area contributed by atoms with Crippen LogP contribution in [0.25, 0.3) is 0 Å². The molecule has 0 aromatic heterocycles. The first-order valence-corrected chi connectivity index (χ1v) is 8.86. The molecular formula is C19H27NO2. The summed E-state index contributed by atoms with van der Waals surface area (Å²) in [4.78, 5) is 0. The van der Waals surface area contributed by atoms with Crippen molar-refractivity contribution in [1.29, 1.82) is 0 Å². The molecule has 0 heterocycles. The van der Waals surface area contributed by atoms with Gasteiger partial charge >= 0.3 is 0 Å². The largest absolute Gasteiger partial charge is 0.508 e. The van der Waals surface area contributed by atoms with E-state index in [0.29, 0.717) is 6.04 Å². The van der Waals surface area contributed by atoms with Crippen molar-refractivity contribution in [3.05, 3.63) is 29.8 Å². The lowest BCUT2D eigenvalue weighted by Gasteiger charge is -2.35. The first-order chi connectivity index (χ1) is 10.6. The highest BCUT2D eigenvalue weighted by atomic mass is 16.3. The molecule has 3 nitrogen and oxygen atoms in total. The number of phenolic OH excluding ortho intramolecular Hbond substituents is 1. The molecule has 0 spiro atoms. The molecule has 120 valence electrons. The summed E-state index contributed by atoms with van der Waals surface area (Å²) in [5, 5.41) is 23.6. The number of aliphatic hydroxyl groups excluding tert-OH is 1. The first-order valence-electron chi connectivity index (χ1n) is 8.86. The molecule has 0 unspecified atom stereocenters. The van der Waals surface area contributed by atoms with Crippen LogP contribution in [-0.4, -0.2) is 22.3 Å². The summed E-state index contributed by atoms with van der Waals surface area (Å²) >= 11 is 0. The summed E-state index contributed by atoms with van der Waals surface area (Å²) in [6.07, 6.45) is 6.52. The molecule has 0 saturated heterocycles. The Hall–Kier alpha value is -1.06. The third-order valence-corrected chi connectivity index (χ3v) is 6.61. The fourth-order valence-corrected chi connectivity index (χ4v) is 5.65. The maximum atomic E-state index is 10.6. The van der Waals surface area contributed by atoms with E-state index < -0.39 is 6.10 Å². The highest BCUT2D eigenvalue weighted by molar-refractivity contribution is 5.28. The molecule has 7 atom stereocenters. The van der Waals surface area contributed by atoms with Crippen LogP contribution in [0.1, 0.15) is 50.7 Å². The molecule has 4 rings (SSSR count). The first kappa shape index (κ1) is 14.5. The van der Waals surface area contributed by atoms with Crippen LogP contribution in [0, 0.1) is 23.7 Å². The quantitative estimate of drug-likeness (QED) is 0.800. The van der Waals surface area contributed by atoms with Crippen molar-refractivity contribution in [2.45, 2.75) is 57.2 Å². The molecule has 3 N–H and O–H groups in total. The standard InChI is InChI=1S/C19H27NO2/c1-11(19(22)12-5-7-14(21)8-6-12)20-18-10-13-9-17(18)16-4-2-3-15(13)16/h5-8,11,13,15-22H,2-4,9-10H2,1H3/t11-,13+,15+,16+,17-,18+,19-/m0/s1. The van der Waals surface area contributed by atoms with Crippen molar-refractivity contribution < 1.29 is 10.2 Å². The van der Waals surface area contributed by atoms with Crippen LogP contribution in [0.4, 0.5) is 0 Å². The predicted octanol–water partition coefficient (Wildman–Crippen LogP) is 3.23. The Bertz CT molecular complexity index is 529. The smallest absolute Gasteiger partial charge is 0.115 e. The van der Waals surface area contributed by atoms with Crippen LogP contribution in [0.5, 0.6) is 5.75 Å². The summed E-state index contributed by atoms with van der Waals surface area (Å²) in [5.41, 5.74) is 0.875. The van der Waals surface area contributed by atoms with Gasteiger partial charge in [0.1, 0.15) is 5.75 Å². The molecule has 1 aromatic carbocycles. The molecular weight excluding hydrogens is 274 g/mol. The minimum absolute atomic E-state index is 0.0498. The maximum Gasteiger partial charge on any atom is 0.115 e. The summed E-state index contributed by atoms with van der Waals surface area (Å²) < 4.78 is 0. The van der Waals surface area contributed by atoms with Gasteiger partial charge in [0, 0.05) is 12.1 Å². The second kappa shape index (κ2) is 5.54. The Labute approximate surface area is 132 Å². The van der Waals surface area contributed by atoms with Crippen LogP contribution >= 0.6 is 0 Å². The summed E-state index contributed by atoms with van der Waals surface area (Å²) in [6, 6.07) is 7.55. The Morgan fingerprint density at radius 1 is 1.05 bits per heavy atom. The van der Waals surface area contributed by atoms with Gasteiger partial charge in [0.15, 0.2) is 0 Å². The highest BCUT2D eigenvalue weighted by Crippen LogP contribution is 2.58. The van der Waals surface area contributed by atoms with Gasteiger partial charge in [-0.1, -0.05) is 18.6 Å². The van der Waals surface area contributed by atoms with Gasteiger partial charge in [-0.05, 0) is 74.0 Å². The second-order valence-electron chi connectivity index (χ2n) is 7.75. The van der Waals surface area contributed by atoms with Crippen LogP contribution in [0.2, 0.25) is 0 Å². The van der Waals surface area contributed by atoms with E-state index >= 15 is 0 Å². The number of hydrogen-bond acceptors (Lipinski definition) is 3. The fraction of sp³-hybridized carbons (Fsp3) is 0.684. The number of nitrogens with one attached hydrogen (secondary N) is 1. The number of rotatable bonds is 4. The van der Waals surface area contributed by atoms with Crippen molar-refractivity contribution in [1.82, 2.24) is 5.32 Å². The van der Waals surface area contributed by atoms with E-state index in [2.05, 4.69) is 12.2 Å². The third-order valence-electron chi connectivity index (χ3n) is 6.61. The van der Waals surface area contributed by atoms with Crippen molar-refractivity contribution in [3.63, 3.8) is 0 Å². The van der Waals surface area contributed by atoms with E-state index in [0.717, 1.165) is 29.2 Å². The molecule has 0 aliphatic heterocycles. The predicted molar refractivity (Wildman–Crippen MR) is 86.5 cm³/mol. The maximum absolute atomic E-state index is 10.6. The zero-order valence-electron chi connectivity index (χ0n) is 13.3. The van der Waals surface area contributed by atoms with Crippen molar-refractivity contribution in [3.8, 4) is 5.75 Å². The Kier molecular flexibility index (Phi) is 3.66. The summed E-state index contributed by atoms with van der Waals surface area (Å²) in [5.74, 6) is 3.99. The molecule has 0 amide bonds. The second-order valence-corrected chi connectivity index (χ2v) is 7.75. The minimum Gasteiger partial charge on any atom is -0.508 e. The van der Waals surface area contributed by atoms with Crippen LogP contribution in [0.15, 0.2) is 24.3 Å². The molecule has 3 heteroatoms. The van der Waals surface area contributed by atoms with E-state index in [4.69, 9.17) is 0 Å². The number of phenols is 1. The number of fused-ring (bicyclic) bond motifs is 5. The average molecular weight is 301 g/mol. The van der Waals surface area contributed by atoms with Gasteiger partial charge in [0.05, 0.1) is 6.10 Å². The van der Waals surface area contributed by atoms with Gasteiger partial charge in [0.2, 0.25) is 0 Å². The Morgan fingerprint density at radius 3 is 2.55 bits per heavy atom. The van der Waals surface area contributed by atoms with E-state index in [-0.39, 0.29) is 11.8 Å². The molecule has 0 radical (unpaired) electrons. The van der Waals surface area contributed by atoms with Crippen molar-refractivity contribution >= 4 is 0 Å². The van der Waals surface area contributed by atoms with Crippen LogP contribution in [-0.2, 0) is 0 Å². The topological polar surface area (TPSA) is 52.5 Å². The lowest BCUT2D eigenvalue weighted by molar-refractivity contribution is 0.111. The zero-order valence-corrected chi connectivity index (χ0v) is 13.3. The van der Waals surface area contributed by atoms with Gasteiger partial charge in [-0.2, -0.15) is 0 Å². The normalized spacial score (nSPS) is 38.9. The van der Waals surface area contributed by atoms with Crippen molar-refractivity contribution in [2.75, 3.05) is 0 Å². The van der Waals surface area contributed by atoms with E-state index in [1.165, 1.54) is 32.1 Å². The Morgan fingerprint density at radius 2 is 1.77 bits per heavy atom. The molecule has 1 aromatic rings. The fourth-order valence-electron chi connectivity index (χ4n) is 5.65. The van der Waals surface area contributed by atoms with Crippen LogP contribution < -0.4 is 5.32 Å². The van der Waals surface area contributed by atoms with E-state index in [1.807, 2.05) is 12.1 Å². The number of benzene rings is 1. The molecule has 3 fully saturated rings. The van der Waals surface area contributed by atoms with Gasteiger partial charge < -0.3 is 15.5 Å². The molecule has 3 aliphatic rings. The third kappa shape index (κ3) is 2.35. The van der Waals surface area contributed by atoms with E-state index in [9.17, 15) is 10.2 Å². The molecule has 3 saturated carbocycles. The highest BCUT2D eigenvalue weighted by Gasteiger charge is 2.53. The summed E-state index contributed by atoms with van der Waals surface area (Å²) in [7, 11) is 0. The van der Waals surface area contributed by atoms with Gasteiger partial charge in [-0.15, -0.1) is 0 Å². The summed E-state index contributed by atoms with van der Waals surface area (Å²) in [6.45, 7) is 2.08. The molecule has 3 aliphatic carbocycles. The zero-order chi connectivity index (χ0) is 15.3. The molecule has 2 bridgehead atoms. The van der Waals surface area contributed by atoms with Gasteiger partial charge in [-0.3, -0.25) is 0 Å². The van der Waals surface area contributed by atoms with E-state index in [1.54, 1.807) is 12.1 Å². The van der Waals surface area contributed by atoms with Crippen molar-refractivity contribution in [2.24, 2.45) is 23.7 Å². The number of aliphatic hydroxyl groups is 1. The Balaban J connectivity index is 1.40. The van der Waals surface area contributed by atoms with Crippen LogP contribution in [0.3, 0.4) is 0 Å². The lowest BCUT2D eigenvalue weighted by atomic mass is 9.79. The monoisotopic (exact) mass is 301 g/mol. The lowest BCUT2D eigenvalue weighted by Crippen LogP contribution is -2.45. The minimum atomic E-state index is -0.515. The number of hydrogen-bond donors (Lipinski definition) is 3. The number of aromatic hydroxyl groups is 1. The molecule has 22 heavy (non-hydrogen) atoms.